The number of aliphatic carboxylic acids is 1. The summed E-state index contributed by atoms with van der Waals surface area (Å²) in [5.74, 6) is -0.622. The molecule has 0 saturated heterocycles. The first-order valence-electron chi connectivity index (χ1n) is 6.87. The molecule has 2 rings (SSSR count). The standard InChI is InChI=1S/C14H20N2O4/c1-10-11(9-15-20-10)13(19)16(2)14(8-12(17)18)6-4-3-5-7-14/h9H,3-8H2,1-2H3,(H,17,18). The Morgan fingerprint density at radius 2 is 2.05 bits per heavy atom. The first-order valence-corrected chi connectivity index (χ1v) is 6.87. The van der Waals surface area contributed by atoms with Gasteiger partial charge in [0.1, 0.15) is 11.3 Å². The van der Waals surface area contributed by atoms with Crippen molar-refractivity contribution in [2.45, 2.75) is 51.0 Å². The van der Waals surface area contributed by atoms with Crippen LogP contribution >= 0.6 is 0 Å². The zero-order chi connectivity index (χ0) is 14.8. The lowest BCUT2D eigenvalue weighted by atomic mass is 9.78. The summed E-state index contributed by atoms with van der Waals surface area (Å²) in [5, 5.41) is 12.8. The second-order valence-electron chi connectivity index (χ2n) is 5.52. The van der Waals surface area contributed by atoms with Gasteiger partial charge in [-0.15, -0.1) is 0 Å². The molecule has 0 spiro atoms. The molecule has 1 aromatic rings. The molecule has 1 fully saturated rings. The maximum Gasteiger partial charge on any atom is 0.305 e. The summed E-state index contributed by atoms with van der Waals surface area (Å²) in [6.45, 7) is 1.68. The fourth-order valence-electron chi connectivity index (χ4n) is 3.02. The number of carboxylic acid groups (broad SMARTS) is 1. The Morgan fingerprint density at radius 1 is 1.40 bits per heavy atom. The van der Waals surface area contributed by atoms with Crippen molar-refractivity contribution in [2.75, 3.05) is 7.05 Å². The molecule has 0 unspecified atom stereocenters. The zero-order valence-corrected chi connectivity index (χ0v) is 11.9. The second-order valence-corrected chi connectivity index (χ2v) is 5.52. The highest BCUT2D eigenvalue weighted by Gasteiger charge is 2.41. The van der Waals surface area contributed by atoms with Crippen LogP contribution in [0.1, 0.15) is 54.6 Å². The molecule has 1 heterocycles. The number of amides is 1. The SMILES string of the molecule is Cc1oncc1C(=O)N(C)C1(CC(=O)O)CCCCC1. The van der Waals surface area contributed by atoms with Crippen molar-refractivity contribution in [1.82, 2.24) is 10.1 Å². The average molecular weight is 280 g/mol. The third kappa shape index (κ3) is 2.69. The number of carboxylic acids is 1. The van der Waals surface area contributed by atoms with Crippen LogP contribution in [-0.4, -0.2) is 39.6 Å². The van der Waals surface area contributed by atoms with E-state index < -0.39 is 11.5 Å². The first kappa shape index (κ1) is 14.6. The van der Waals surface area contributed by atoms with Gasteiger partial charge in [-0.2, -0.15) is 0 Å². The van der Waals surface area contributed by atoms with Gasteiger partial charge in [0.2, 0.25) is 0 Å². The maximum atomic E-state index is 12.5. The van der Waals surface area contributed by atoms with Crippen molar-refractivity contribution < 1.29 is 19.2 Å². The largest absolute Gasteiger partial charge is 0.481 e. The van der Waals surface area contributed by atoms with Gasteiger partial charge in [0, 0.05) is 7.05 Å². The van der Waals surface area contributed by atoms with E-state index in [-0.39, 0.29) is 12.3 Å². The van der Waals surface area contributed by atoms with Crippen LogP contribution < -0.4 is 0 Å². The summed E-state index contributed by atoms with van der Waals surface area (Å²) in [7, 11) is 1.68. The molecule has 1 N–H and O–H groups in total. The molecule has 0 aromatic carbocycles. The van der Waals surface area contributed by atoms with E-state index in [9.17, 15) is 14.7 Å². The van der Waals surface area contributed by atoms with Gasteiger partial charge in [-0.3, -0.25) is 9.59 Å². The minimum atomic E-state index is -0.867. The predicted molar refractivity (Wildman–Crippen MR) is 71.4 cm³/mol. The van der Waals surface area contributed by atoms with E-state index in [1.165, 1.54) is 6.20 Å². The Balaban J connectivity index is 2.26. The number of aryl methyl sites for hydroxylation is 1. The molecular weight excluding hydrogens is 260 g/mol. The Hall–Kier alpha value is -1.85. The summed E-state index contributed by atoms with van der Waals surface area (Å²) in [6.07, 6.45) is 5.83. The fourth-order valence-corrected chi connectivity index (χ4v) is 3.02. The smallest absolute Gasteiger partial charge is 0.305 e. The molecule has 0 radical (unpaired) electrons. The van der Waals surface area contributed by atoms with Gasteiger partial charge < -0.3 is 14.5 Å². The topological polar surface area (TPSA) is 83.6 Å². The molecule has 1 saturated carbocycles. The van der Waals surface area contributed by atoms with Crippen LogP contribution in [0.3, 0.4) is 0 Å². The number of nitrogens with zero attached hydrogens (tertiary/aromatic N) is 2. The molecular formula is C14H20N2O4. The Labute approximate surface area is 117 Å². The number of carbonyl (C=O) groups is 2. The van der Waals surface area contributed by atoms with E-state index in [0.717, 1.165) is 32.1 Å². The quantitative estimate of drug-likeness (QED) is 0.914. The molecule has 0 bridgehead atoms. The van der Waals surface area contributed by atoms with Gasteiger partial charge >= 0.3 is 5.97 Å². The van der Waals surface area contributed by atoms with Crippen LogP contribution in [0.15, 0.2) is 10.7 Å². The minimum Gasteiger partial charge on any atom is -0.481 e. The summed E-state index contributed by atoms with van der Waals surface area (Å²) in [5.41, 5.74) is -0.187. The molecule has 0 aliphatic heterocycles. The van der Waals surface area contributed by atoms with Crippen LogP contribution in [0, 0.1) is 6.92 Å². The highest BCUT2D eigenvalue weighted by atomic mass is 16.5. The van der Waals surface area contributed by atoms with Gasteiger partial charge in [0.25, 0.3) is 5.91 Å². The lowest BCUT2D eigenvalue weighted by Gasteiger charge is -2.43. The maximum absolute atomic E-state index is 12.5. The molecule has 1 aromatic heterocycles. The van der Waals surface area contributed by atoms with Crippen molar-refractivity contribution in [1.29, 1.82) is 0 Å². The highest BCUT2D eigenvalue weighted by molar-refractivity contribution is 5.95. The van der Waals surface area contributed by atoms with Crippen LogP contribution in [0.5, 0.6) is 0 Å². The molecule has 6 nitrogen and oxygen atoms in total. The van der Waals surface area contributed by atoms with Crippen molar-refractivity contribution in [3.8, 4) is 0 Å². The van der Waals surface area contributed by atoms with Gasteiger partial charge in [0.05, 0.1) is 18.2 Å². The number of rotatable bonds is 4. The van der Waals surface area contributed by atoms with E-state index in [1.54, 1.807) is 18.9 Å². The molecule has 20 heavy (non-hydrogen) atoms. The van der Waals surface area contributed by atoms with Crippen LogP contribution in [-0.2, 0) is 4.79 Å². The van der Waals surface area contributed by atoms with Crippen molar-refractivity contribution >= 4 is 11.9 Å². The van der Waals surface area contributed by atoms with Gasteiger partial charge in [-0.25, -0.2) is 0 Å². The molecule has 1 amide bonds. The number of hydrogen-bond acceptors (Lipinski definition) is 4. The Morgan fingerprint density at radius 3 is 2.55 bits per heavy atom. The molecule has 1 aliphatic carbocycles. The first-order chi connectivity index (χ1) is 9.46. The monoisotopic (exact) mass is 280 g/mol. The normalized spacial score (nSPS) is 17.7. The van der Waals surface area contributed by atoms with E-state index in [2.05, 4.69) is 5.16 Å². The number of aromatic nitrogens is 1. The number of carbonyl (C=O) groups excluding carboxylic acids is 1. The Kier molecular flexibility index (Phi) is 4.11. The number of hydrogen-bond donors (Lipinski definition) is 1. The Bertz CT molecular complexity index is 503. The van der Waals surface area contributed by atoms with Crippen molar-refractivity contribution in [2.24, 2.45) is 0 Å². The van der Waals surface area contributed by atoms with Crippen molar-refractivity contribution in [3.63, 3.8) is 0 Å². The average Bonchev–Trinajstić information content (AvgIpc) is 2.83. The van der Waals surface area contributed by atoms with Crippen LogP contribution in [0.2, 0.25) is 0 Å². The van der Waals surface area contributed by atoms with Gasteiger partial charge in [0.15, 0.2) is 0 Å². The van der Waals surface area contributed by atoms with E-state index in [1.807, 2.05) is 0 Å². The van der Waals surface area contributed by atoms with Crippen LogP contribution in [0.4, 0.5) is 0 Å². The third-order valence-corrected chi connectivity index (χ3v) is 4.26. The van der Waals surface area contributed by atoms with Gasteiger partial charge in [-0.1, -0.05) is 24.4 Å². The highest BCUT2D eigenvalue weighted by Crippen LogP contribution is 2.36. The molecule has 0 atom stereocenters. The lowest BCUT2D eigenvalue weighted by molar-refractivity contribution is -0.140. The van der Waals surface area contributed by atoms with Crippen LogP contribution in [0.25, 0.3) is 0 Å². The zero-order valence-electron chi connectivity index (χ0n) is 11.9. The summed E-state index contributed by atoms with van der Waals surface area (Å²) < 4.78 is 4.92. The molecule has 6 heteroatoms. The summed E-state index contributed by atoms with van der Waals surface area (Å²) in [6, 6.07) is 0. The third-order valence-electron chi connectivity index (χ3n) is 4.26. The van der Waals surface area contributed by atoms with Gasteiger partial charge in [-0.05, 0) is 19.8 Å². The van der Waals surface area contributed by atoms with E-state index in [4.69, 9.17) is 4.52 Å². The summed E-state index contributed by atoms with van der Waals surface area (Å²) >= 11 is 0. The molecule has 110 valence electrons. The predicted octanol–water partition coefficient (Wildman–Crippen LogP) is 2.23. The van der Waals surface area contributed by atoms with E-state index in [0.29, 0.717) is 11.3 Å². The fraction of sp³-hybridized carbons (Fsp3) is 0.643. The minimum absolute atomic E-state index is 0.0143. The second kappa shape index (κ2) is 5.64. The lowest BCUT2D eigenvalue weighted by Crippen LogP contribution is -2.52. The summed E-state index contributed by atoms with van der Waals surface area (Å²) in [4.78, 5) is 25.3. The van der Waals surface area contributed by atoms with Crippen molar-refractivity contribution in [3.05, 3.63) is 17.5 Å². The van der Waals surface area contributed by atoms with E-state index >= 15 is 0 Å². The molecule has 1 aliphatic rings.